The molecule has 2 amide bonds. The van der Waals surface area contributed by atoms with Crippen molar-refractivity contribution in [1.29, 1.82) is 0 Å². The van der Waals surface area contributed by atoms with Crippen molar-refractivity contribution in [2.45, 2.75) is 25.7 Å². The number of urea groups is 1. The van der Waals surface area contributed by atoms with Crippen LogP contribution in [-0.4, -0.2) is 18.4 Å². The van der Waals surface area contributed by atoms with E-state index in [4.69, 9.17) is 6.42 Å². The Bertz CT molecular complexity index is 492. The first-order valence-corrected chi connectivity index (χ1v) is 5.73. The van der Waals surface area contributed by atoms with E-state index < -0.39 is 18.4 Å². The molecule has 2 N–H and O–H groups in total. The number of amides is 2. The van der Waals surface area contributed by atoms with Crippen LogP contribution in [-0.2, 0) is 0 Å². The highest BCUT2D eigenvalue weighted by molar-refractivity contribution is 5.89. The fourth-order valence-corrected chi connectivity index (χ4v) is 1.33. The Labute approximate surface area is 114 Å². The molecule has 1 aromatic rings. The molecule has 0 bridgehead atoms. The average Bonchev–Trinajstić information content (AvgIpc) is 2.36. The Morgan fingerprint density at radius 2 is 2.00 bits per heavy atom. The molecular weight excluding hydrogens is 273 g/mol. The average molecular weight is 286 g/mol. The Morgan fingerprint density at radius 1 is 1.40 bits per heavy atom. The van der Waals surface area contributed by atoms with Gasteiger partial charge < -0.3 is 15.4 Å². The minimum Gasteiger partial charge on any atom is -0.406 e. The van der Waals surface area contributed by atoms with E-state index in [0.717, 1.165) is 12.1 Å². The van der Waals surface area contributed by atoms with Crippen LogP contribution in [0.2, 0.25) is 0 Å². The molecule has 1 unspecified atom stereocenters. The lowest BCUT2D eigenvalue weighted by Gasteiger charge is -2.12. The van der Waals surface area contributed by atoms with Crippen molar-refractivity contribution in [3.63, 3.8) is 0 Å². The third-order valence-corrected chi connectivity index (χ3v) is 2.26. The second-order valence-corrected chi connectivity index (χ2v) is 3.80. The van der Waals surface area contributed by atoms with E-state index in [1.165, 1.54) is 12.1 Å². The van der Waals surface area contributed by atoms with Crippen molar-refractivity contribution in [2.24, 2.45) is 0 Å². The monoisotopic (exact) mass is 286 g/mol. The maximum atomic E-state index is 12.0. The van der Waals surface area contributed by atoms with Crippen molar-refractivity contribution in [1.82, 2.24) is 5.32 Å². The molecule has 1 aromatic carbocycles. The van der Waals surface area contributed by atoms with E-state index >= 15 is 0 Å². The SMILES string of the molecule is C#CC(CC)NC(=O)Nc1ccc(OC(F)(F)F)cc1. The number of anilines is 1. The van der Waals surface area contributed by atoms with Gasteiger partial charge in [-0.15, -0.1) is 19.6 Å². The lowest BCUT2D eigenvalue weighted by molar-refractivity contribution is -0.274. The minimum atomic E-state index is -4.74. The Morgan fingerprint density at radius 3 is 2.45 bits per heavy atom. The molecule has 0 fully saturated rings. The normalized spacial score (nSPS) is 12.2. The van der Waals surface area contributed by atoms with Crippen LogP contribution in [0, 0.1) is 12.3 Å². The van der Waals surface area contributed by atoms with Crippen molar-refractivity contribution < 1.29 is 22.7 Å². The van der Waals surface area contributed by atoms with E-state index in [-0.39, 0.29) is 5.75 Å². The molecule has 0 aliphatic heterocycles. The smallest absolute Gasteiger partial charge is 0.406 e. The Kier molecular flexibility index (Phi) is 5.26. The first kappa shape index (κ1) is 15.7. The summed E-state index contributed by atoms with van der Waals surface area (Å²) in [5.41, 5.74) is 0.323. The van der Waals surface area contributed by atoms with Gasteiger partial charge in [0.25, 0.3) is 0 Å². The van der Waals surface area contributed by atoms with Crippen molar-refractivity contribution in [3.8, 4) is 18.1 Å². The molecule has 0 aliphatic rings. The van der Waals surface area contributed by atoms with Crippen LogP contribution in [0.25, 0.3) is 0 Å². The quantitative estimate of drug-likeness (QED) is 0.835. The lowest BCUT2D eigenvalue weighted by Crippen LogP contribution is -2.36. The standard InChI is InChI=1S/C13H13F3N2O2/c1-3-9(4-2)17-12(19)18-10-5-7-11(8-6-10)20-13(14,15)16/h1,5-9H,4H2,2H3,(H2,17,18,19). The van der Waals surface area contributed by atoms with Gasteiger partial charge in [-0.3, -0.25) is 0 Å². The molecule has 0 heterocycles. The molecule has 0 aliphatic carbocycles. The second kappa shape index (κ2) is 6.70. The summed E-state index contributed by atoms with van der Waals surface area (Å²) in [7, 11) is 0. The molecule has 1 rings (SSSR count). The number of terminal acetylenes is 1. The second-order valence-electron chi connectivity index (χ2n) is 3.80. The fraction of sp³-hybridized carbons (Fsp3) is 0.308. The van der Waals surface area contributed by atoms with E-state index in [2.05, 4.69) is 21.3 Å². The summed E-state index contributed by atoms with van der Waals surface area (Å²) in [6, 6.07) is 3.85. The van der Waals surface area contributed by atoms with Gasteiger partial charge in [-0.25, -0.2) is 4.79 Å². The molecule has 20 heavy (non-hydrogen) atoms. The van der Waals surface area contributed by atoms with E-state index in [0.29, 0.717) is 12.1 Å². The summed E-state index contributed by atoms with van der Waals surface area (Å²) in [5, 5.41) is 4.97. The largest absolute Gasteiger partial charge is 0.573 e. The zero-order valence-electron chi connectivity index (χ0n) is 10.6. The molecule has 4 nitrogen and oxygen atoms in total. The first-order chi connectivity index (χ1) is 9.34. The molecular formula is C13H13F3N2O2. The summed E-state index contributed by atoms with van der Waals surface area (Å²) in [6.07, 6.45) is 1.02. The number of nitrogens with one attached hydrogen (secondary N) is 2. The summed E-state index contributed by atoms with van der Waals surface area (Å²) in [5.74, 6) is 2.02. The number of benzene rings is 1. The highest BCUT2D eigenvalue weighted by atomic mass is 19.4. The molecule has 0 spiro atoms. The number of ether oxygens (including phenoxy) is 1. The fourth-order valence-electron chi connectivity index (χ4n) is 1.33. The van der Waals surface area contributed by atoms with Crippen LogP contribution >= 0.6 is 0 Å². The predicted octanol–water partition coefficient (Wildman–Crippen LogP) is 3.12. The summed E-state index contributed by atoms with van der Waals surface area (Å²) in [4.78, 5) is 11.5. The van der Waals surface area contributed by atoms with E-state index in [1.807, 2.05) is 6.92 Å². The van der Waals surface area contributed by atoms with Gasteiger partial charge in [0.2, 0.25) is 0 Å². The van der Waals surface area contributed by atoms with E-state index in [1.54, 1.807) is 0 Å². The number of carbonyl (C=O) groups excluding carboxylic acids is 1. The summed E-state index contributed by atoms with van der Waals surface area (Å²) < 4.78 is 39.6. The Hall–Kier alpha value is -2.36. The molecule has 7 heteroatoms. The molecule has 108 valence electrons. The first-order valence-electron chi connectivity index (χ1n) is 5.73. The molecule has 0 radical (unpaired) electrons. The summed E-state index contributed by atoms with van der Waals surface area (Å²) in [6.45, 7) is 1.81. The van der Waals surface area contributed by atoms with Crippen LogP contribution in [0.3, 0.4) is 0 Å². The molecule has 0 aromatic heterocycles. The number of alkyl halides is 3. The number of halogens is 3. The van der Waals surface area contributed by atoms with Crippen LogP contribution < -0.4 is 15.4 Å². The number of hydrogen-bond acceptors (Lipinski definition) is 2. The molecule has 0 saturated heterocycles. The highest BCUT2D eigenvalue weighted by Gasteiger charge is 2.30. The van der Waals surface area contributed by atoms with Crippen molar-refractivity contribution in [3.05, 3.63) is 24.3 Å². The van der Waals surface area contributed by atoms with Gasteiger partial charge in [-0.2, -0.15) is 0 Å². The number of rotatable bonds is 4. The van der Waals surface area contributed by atoms with Gasteiger partial charge in [-0.1, -0.05) is 12.8 Å². The van der Waals surface area contributed by atoms with Gasteiger partial charge in [-0.05, 0) is 30.7 Å². The molecule has 1 atom stereocenters. The van der Waals surface area contributed by atoms with Gasteiger partial charge in [0.05, 0.1) is 6.04 Å². The van der Waals surface area contributed by atoms with Crippen molar-refractivity contribution in [2.75, 3.05) is 5.32 Å². The van der Waals surface area contributed by atoms with Gasteiger partial charge >= 0.3 is 12.4 Å². The maximum Gasteiger partial charge on any atom is 0.573 e. The van der Waals surface area contributed by atoms with Gasteiger partial charge in [0, 0.05) is 5.69 Å². The van der Waals surface area contributed by atoms with Crippen LogP contribution in [0.1, 0.15) is 13.3 Å². The predicted molar refractivity (Wildman–Crippen MR) is 68.2 cm³/mol. The molecule has 0 saturated carbocycles. The maximum absolute atomic E-state index is 12.0. The topological polar surface area (TPSA) is 50.4 Å². The number of carbonyl (C=O) groups is 1. The van der Waals surface area contributed by atoms with E-state index in [9.17, 15) is 18.0 Å². The zero-order chi connectivity index (χ0) is 15.2. The third-order valence-electron chi connectivity index (χ3n) is 2.26. The third kappa shape index (κ3) is 5.52. The summed E-state index contributed by atoms with van der Waals surface area (Å²) >= 11 is 0. The van der Waals surface area contributed by atoms with Crippen LogP contribution in [0.15, 0.2) is 24.3 Å². The van der Waals surface area contributed by atoms with Crippen molar-refractivity contribution >= 4 is 11.7 Å². The highest BCUT2D eigenvalue weighted by Crippen LogP contribution is 2.23. The van der Waals surface area contributed by atoms with Gasteiger partial charge in [0.15, 0.2) is 0 Å². The number of hydrogen-bond donors (Lipinski definition) is 2. The minimum absolute atomic E-state index is 0.323. The Balaban J connectivity index is 2.57. The van der Waals surface area contributed by atoms with Crippen LogP contribution in [0.4, 0.5) is 23.7 Å². The van der Waals surface area contributed by atoms with Gasteiger partial charge in [0.1, 0.15) is 5.75 Å². The lowest BCUT2D eigenvalue weighted by atomic mass is 10.2. The van der Waals surface area contributed by atoms with Crippen LogP contribution in [0.5, 0.6) is 5.75 Å². The zero-order valence-corrected chi connectivity index (χ0v) is 10.6.